The Labute approximate surface area is 169 Å². The van der Waals surface area contributed by atoms with Gasteiger partial charge < -0.3 is 9.47 Å². The van der Waals surface area contributed by atoms with E-state index in [1.807, 2.05) is 36.4 Å². The third-order valence-corrected chi connectivity index (χ3v) is 6.12. The first kappa shape index (κ1) is 18.6. The minimum absolute atomic E-state index is 0.113. The lowest BCUT2D eigenvalue weighted by atomic mass is 9.86. The molecule has 2 aromatic carbocycles. The van der Waals surface area contributed by atoms with Crippen LogP contribution in [0.15, 0.2) is 48.5 Å². The molecule has 0 radical (unpaired) electrons. The molecule has 0 aliphatic carbocycles. The molecule has 4 nitrogen and oxygen atoms in total. The lowest BCUT2D eigenvalue weighted by molar-refractivity contribution is -0.0642. The summed E-state index contributed by atoms with van der Waals surface area (Å²) in [6.45, 7) is 2.95. The molecule has 0 N–H and O–H groups in total. The molecule has 1 atom stereocenters. The molecule has 142 valence electrons. The fourth-order valence-electron chi connectivity index (χ4n) is 3.96. The average molecular weight is 406 g/mol. The van der Waals surface area contributed by atoms with Crippen LogP contribution >= 0.6 is 23.2 Å². The van der Waals surface area contributed by atoms with Gasteiger partial charge >= 0.3 is 6.16 Å². The number of carbonyl (C=O) groups excluding carboxylic acids is 1. The van der Waals surface area contributed by atoms with Gasteiger partial charge in [0.1, 0.15) is 6.10 Å². The van der Waals surface area contributed by atoms with Gasteiger partial charge in [-0.05, 0) is 44.0 Å². The summed E-state index contributed by atoms with van der Waals surface area (Å²) in [5.41, 5.74) is 1.36. The van der Waals surface area contributed by atoms with Crippen LogP contribution in [0.3, 0.4) is 0 Å². The minimum atomic E-state index is -0.721. The number of piperidine rings is 3. The number of ether oxygens (including phenoxy) is 2. The molecule has 3 fully saturated rings. The molecule has 3 saturated heterocycles. The lowest BCUT2D eigenvalue weighted by Crippen LogP contribution is -2.52. The lowest BCUT2D eigenvalue weighted by Gasteiger charge is -2.43. The maximum absolute atomic E-state index is 12.6. The van der Waals surface area contributed by atoms with E-state index in [2.05, 4.69) is 4.90 Å². The molecular weight excluding hydrogens is 385 g/mol. The van der Waals surface area contributed by atoms with E-state index in [1.165, 1.54) is 0 Å². The van der Waals surface area contributed by atoms with Crippen LogP contribution in [-0.4, -0.2) is 36.8 Å². The summed E-state index contributed by atoms with van der Waals surface area (Å²) >= 11 is 12.7. The largest absolute Gasteiger partial charge is 0.509 e. The summed E-state index contributed by atoms with van der Waals surface area (Å²) in [7, 11) is 0. The molecule has 0 saturated carbocycles. The van der Waals surface area contributed by atoms with Gasteiger partial charge in [0.2, 0.25) is 0 Å². The van der Waals surface area contributed by atoms with Gasteiger partial charge in [-0.3, -0.25) is 4.90 Å². The van der Waals surface area contributed by atoms with Crippen molar-refractivity contribution in [2.24, 2.45) is 5.92 Å². The van der Waals surface area contributed by atoms with Gasteiger partial charge in [0.05, 0.1) is 0 Å². The Morgan fingerprint density at radius 3 is 2.00 bits per heavy atom. The highest BCUT2D eigenvalue weighted by Crippen LogP contribution is 2.36. The predicted octanol–water partition coefficient (Wildman–Crippen LogP) is 5.33. The Balaban J connectivity index is 1.55. The van der Waals surface area contributed by atoms with E-state index in [1.54, 1.807) is 12.1 Å². The van der Waals surface area contributed by atoms with Crippen LogP contribution in [-0.2, 0) is 9.47 Å². The van der Waals surface area contributed by atoms with Crippen LogP contribution in [0.4, 0.5) is 4.79 Å². The molecule has 2 bridgehead atoms. The van der Waals surface area contributed by atoms with Gasteiger partial charge in [-0.1, -0.05) is 59.6 Å². The van der Waals surface area contributed by atoms with Crippen molar-refractivity contribution in [3.05, 3.63) is 69.7 Å². The zero-order valence-corrected chi connectivity index (χ0v) is 16.3. The zero-order chi connectivity index (χ0) is 18.8. The molecule has 0 unspecified atom stereocenters. The predicted molar refractivity (Wildman–Crippen MR) is 105 cm³/mol. The van der Waals surface area contributed by atoms with Gasteiger partial charge in [0, 0.05) is 27.7 Å². The van der Waals surface area contributed by atoms with Crippen molar-refractivity contribution in [3.8, 4) is 0 Å². The minimum Gasteiger partial charge on any atom is -0.429 e. The van der Waals surface area contributed by atoms with Gasteiger partial charge in [0.15, 0.2) is 6.10 Å². The standard InChI is InChI=1S/C21H21Cl2NO3/c22-17-7-3-1-5-15(17)20(16-6-2-4-8-18(16)23)27-21(25)26-19-13-24-11-9-14(19)10-12-24/h1-8,14,19-20H,9-13H2/t19-/m0/s1. The number of hydrogen-bond acceptors (Lipinski definition) is 4. The molecule has 0 aromatic heterocycles. The Hall–Kier alpha value is -1.75. The molecule has 5 rings (SSSR count). The van der Waals surface area contributed by atoms with E-state index in [-0.39, 0.29) is 6.10 Å². The van der Waals surface area contributed by atoms with Crippen molar-refractivity contribution in [3.63, 3.8) is 0 Å². The fourth-order valence-corrected chi connectivity index (χ4v) is 4.43. The number of hydrogen-bond donors (Lipinski definition) is 0. The highest BCUT2D eigenvalue weighted by atomic mass is 35.5. The maximum Gasteiger partial charge on any atom is 0.509 e. The van der Waals surface area contributed by atoms with E-state index < -0.39 is 12.3 Å². The summed E-state index contributed by atoms with van der Waals surface area (Å²) < 4.78 is 11.4. The monoisotopic (exact) mass is 405 g/mol. The molecule has 2 aromatic rings. The van der Waals surface area contributed by atoms with Crippen molar-refractivity contribution in [2.45, 2.75) is 25.0 Å². The highest BCUT2D eigenvalue weighted by molar-refractivity contribution is 6.32. The van der Waals surface area contributed by atoms with Crippen molar-refractivity contribution >= 4 is 29.4 Å². The Morgan fingerprint density at radius 1 is 0.963 bits per heavy atom. The second-order valence-corrected chi connectivity index (χ2v) is 7.90. The van der Waals surface area contributed by atoms with Crippen molar-refractivity contribution in [2.75, 3.05) is 19.6 Å². The van der Waals surface area contributed by atoms with E-state index in [0.29, 0.717) is 27.1 Å². The second-order valence-electron chi connectivity index (χ2n) is 7.09. The molecule has 27 heavy (non-hydrogen) atoms. The summed E-state index contributed by atoms with van der Waals surface area (Å²) in [5, 5.41) is 1.02. The first-order valence-corrected chi connectivity index (χ1v) is 9.96. The quantitative estimate of drug-likeness (QED) is 0.644. The molecule has 0 spiro atoms. The van der Waals surface area contributed by atoms with Crippen LogP contribution < -0.4 is 0 Å². The summed E-state index contributed by atoms with van der Waals surface area (Å²) in [6.07, 6.45) is 0.616. The molecular formula is C21H21Cl2NO3. The number of nitrogens with zero attached hydrogens (tertiary/aromatic N) is 1. The number of benzene rings is 2. The van der Waals surface area contributed by atoms with Gasteiger partial charge in [0.25, 0.3) is 0 Å². The summed E-state index contributed by atoms with van der Waals surface area (Å²) in [5.74, 6) is 0.418. The Bertz CT molecular complexity index is 775. The van der Waals surface area contributed by atoms with Crippen molar-refractivity contribution in [1.82, 2.24) is 4.90 Å². The average Bonchev–Trinajstić information content (AvgIpc) is 2.68. The Kier molecular flexibility index (Phi) is 5.58. The third-order valence-electron chi connectivity index (χ3n) is 5.43. The van der Waals surface area contributed by atoms with Gasteiger partial charge in [-0.25, -0.2) is 4.79 Å². The topological polar surface area (TPSA) is 38.8 Å². The van der Waals surface area contributed by atoms with Crippen LogP contribution in [0.25, 0.3) is 0 Å². The van der Waals surface area contributed by atoms with E-state index in [0.717, 1.165) is 32.5 Å². The molecule has 3 aliphatic heterocycles. The van der Waals surface area contributed by atoms with E-state index in [9.17, 15) is 4.79 Å². The normalized spacial score (nSPS) is 24.0. The first-order valence-electron chi connectivity index (χ1n) is 9.20. The molecule has 0 amide bonds. The molecule has 6 heteroatoms. The van der Waals surface area contributed by atoms with Crippen molar-refractivity contribution < 1.29 is 14.3 Å². The van der Waals surface area contributed by atoms with Crippen LogP contribution in [0, 0.1) is 5.92 Å². The Morgan fingerprint density at radius 2 is 1.52 bits per heavy atom. The maximum atomic E-state index is 12.6. The number of halogens is 2. The van der Waals surface area contributed by atoms with E-state index in [4.69, 9.17) is 32.7 Å². The number of rotatable bonds is 4. The van der Waals surface area contributed by atoms with Gasteiger partial charge in [-0.2, -0.15) is 0 Å². The fraction of sp³-hybridized carbons (Fsp3) is 0.381. The van der Waals surface area contributed by atoms with Crippen molar-refractivity contribution in [1.29, 1.82) is 0 Å². The number of fused-ring (bicyclic) bond motifs is 3. The second kappa shape index (κ2) is 8.09. The van der Waals surface area contributed by atoms with Crippen LogP contribution in [0.2, 0.25) is 10.0 Å². The smallest absolute Gasteiger partial charge is 0.429 e. The van der Waals surface area contributed by atoms with Crippen LogP contribution in [0.5, 0.6) is 0 Å². The first-order chi connectivity index (χ1) is 13.1. The van der Waals surface area contributed by atoms with E-state index >= 15 is 0 Å². The van der Waals surface area contributed by atoms with Crippen LogP contribution in [0.1, 0.15) is 30.1 Å². The molecule has 3 aliphatic rings. The zero-order valence-electron chi connectivity index (χ0n) is 14.8. The summed E-state index contributed by atoms with van der Waals surface area (Å²) in [4.78, 5) is 14.9. The third kappa shape index (κ3) is 4.08. The van der Waals surface area contributed by atoms with Gasteiger partial charge in [-0.15, -0.1) is 0 Å². The SMILES string of the molecule is O=C(OC(c1ccccc1Cl)c1ccccc1Cl)O[C@H]1CN2CCC1CC2. The highest BCUT2D eigenvalue weighted by Gasteiger charge is 2.37. The number of carbonyl (C=O) groups is 1. The summed E-state index contributed by atoms with van der Waals surface area (Å²) in [6, 6.07) is 14.6. The molecule has 3 heterocycles.